The third kappa shape index (κ3) is 5.34. The lowest BCUT2D eigenvalue weighted by atomic mass is 9.96. The van der Waals surface area contributed by atoms with Gasteiger partial charge in [-0.1, -0.05) is 32.0 Å². The average molecular weight is 492 g/mol. The third-order valence-electron chi connectivity index (χ3n) is 6.54. The van der Waals surface area contributed by atoms with Crippen LogP contribution >= 0.6 is 0 Å². The second kappa shape index (κ2) is 10.9. The van der Waals surface area contributed by atoms with Crippen LogP contribution in [-0.4, -0.2) is 36.7 Å². The minimum Gasteiger partial charge on any atom is -0.494 e. The summed E-state index contributed by atoms with van der Waals surface area (Å²) in [5.41, 5.74) is 3.39. The van der Waals surface area contributed by atoms with Gasteiger partial charge in [0.25, 0.3) is 5.91 Å². The van der Waals surface area contributed by atoms with E-state index in [1.165, 1.54) is 0 Å². The second-order valence-electron chi connectivity index (χ2n) is 10.4. The van der Waals surface area contributed by atoms with Gasteiger partial charge in [-0.2, -0.15) is 0 Å². The van der Waals surface area contributed by atoms with Crippen LogP contribution in [0.5, 0.6) is 5.75 Å². The van der Waals surface area contributed by atoms with E-state index >= 15 is 0 Å². The number of ether oxygens (including phenoxy) is 2. The number of hydrogen-bond donors (Lipinski definition) is 0. The van der Waals surface area contributed by atoms with Crippen molar-refractivity contribution in [1.82, 2.24) is 4.90 Å². The molecule has 0 aliphatic carbocycles. The Hall–Kier alpha value is -3.12. The molecule has 6 heteroatoms. The first-order valence-electron chi connectivity index (χ1n) is 12.9. The predicted molar refractivity (Wildman–Crippen MR) is 142 cm³/mol. The van der Waals surface area contributed by atoms with Crippen LogP contribution in [0.1, 0.15) is 79.4 Å². The fourth-order valence-electron chi connectivity index (χ4n) is 4.83. The molecular formula is C30H37NO5. The summed E-state index contributed by atoms with van der Waals surface area (Å²) in [5.74, 6) is 1.15. The molecule has 2 aromatic carbocycles. The summed E-state index contributed by atoms with van der Waals surface area (Å²) in [6.07, 6.45) is 1.72. The van der Waals surface area contributed by atoms with Crippen LogP contribution in [0, 0.1) is 19.8 Å². The molecule has 0 fully saturated rings. The summed E-state index contributed by atoms with van der Waals surface area (Å²) >= 11 is 0. The Kier molecular flexibility index (Phi) is 7.84. The summed E-state index contributed by atoms with van der Waals surface area (Å²) in [5, 5.41) is 0.534. The molecule has 0 bridgehead atoms. The Labute approximate surface area is 213 Å². The van der Waals surface area contributed by atoms with Crippen LogP contribution in [0.2, 0.25) is 0 Å². The van der Waals surface area contributed by atoms with Crippen molar-refractivity contribution in [2.24, 2.45) is 5.92 Å². The van der Waals surface area contributed by atoms with E-state index < -0.39 is 6.04 Å². The van der Waals surface area contributed by atoms with Crippen molar-refractivity contribution in [2.45, 2.75) is 66.5 Å². The van der Waals surface area contributed by atoms with Crippen molar-refractivity contribution in [1.29, 1.82) is 0 Å². The molecule has 1 atom stereocenters. The maximum absolute atomic E-state index is 13.9. The van der Waals surface area contributed by atoms with Crippen molar-refractivity contribution in [3.05, 3.63) is 74.6 Å². The van der Waals surface area contributed by atoms with Gasteiger partial charge in [-0.25, -0.2) is 0 Å². The van der Waals surface area contributed by atoms with Gasteiger partial charge in [0, 0.05) is 13.2 Å². The van der Waals surface area contributed by atoms with E-state index in [4.69, 9.17) is 13.9 Å². The van der Waals surface area contributed by atoms with Gasteiger partial charge in [-0.05, 0) is 81.3 Å². The molecule has 0 saturated carbocycles. The lowest BCUT2D eigenvalue weighted by Crippen LogP contribution is -2.31. The Morgan fingerprint density at radius 1 is 1.03 bits per heavy atom. The van der Waals surface area contributed by atoms with Crippen LogP contribution in [0.3, 0.4) is 0 Å². The smallest absolute Gasteiger partial charge is 0.290 e. The van der Waals surface area contributed by atoms with E-state index in [-0.39, 0.29) is 23.2 Å². The van der Waals surface area contributed by atoms with Crippen LogP contribution in [0.15, 0.2) is 45.6 Å². The topological polar surface area (TPSA) is 69.0 Å². The molecule has 0 radical (unpaired) electrons. The first-order chi connectivity index (χ1) is 17.2. The zero-order valence-electron chi connectivity index (χ0n) is 22.2. The molecule has 1 amide bonds. The molecule has 0 N–H and O–H groups in total. The maximum atomic E-state index is 13.9. The summed E-state index contributed by atoms with van der Waals surface area (Å²) in [7, 11) is 0. The Balaban J connectivity index is 1.78. The number of amides is 1. The fourth-order valence-corrected chi connectivity index (χ4v) is 4.83. The molecule has 1 aromatic heterocycles. The minimum absolute atomic E-state index is 0.117. The zero-order valence-corrected chi connectivity index (χ0v) is 22.2. The van der Waals surface area contributed by atoms with Gasteiger partial charge in [0.1, 0.15) is 11.3 Å². The minimum atomic E-state index is -0.540. The number of nitrogens with zero attached hydrogens (tertiary/aromatic N) is 1. The van der Waals surface area contributed by atoms with Crippen molar-refractivity contribution < 1.29 is 18.7 Å². The molecule has 1 aliphatic rings. The lowest BCUT2D eigenvalue weighted by Gasteiger charge is -2.25. The number of fused-ring (bicyclic) bond motifs is 2. The van der Waals surface area contributed by atoms with E-state index in [2.05, 4.69) is 13.8 Å². The Morgan fingerprint density at radius 3 is 2.53 bits per heavy atom. The molecule has 1 aliphatic heterocycles. The molecule has 192 valence electrons. The largest absolute Gasteiger partial charge is 0.494 e. The molecular weight excluding hydrogens is 454 g/mol. The number of carbonyl (C=O) groups is 1. The van der Waals surface area contributed by atoms with Crippen molar-refractivity contribution >= 4 is 16.9 Å². The standard InChI is InChI=1S/C30H37NO5/c1-18(2)11-14-35-23-10-7-9-22(17-23)27-26-28(32)25-21(6)15-20(5)16-24(25)36-29(26)30(33)31(27)12-8-13-34-19(3)4/h7,9-10,15-19,27H,8,11-14H2,1-6H3. The molecule has 4 rings (SSSR count). The molecule has 6 nitrogen and oxygen atoms in total. The van der Waals surface area contributed by atoms with E-state index in [9.17, 15) is 9.59 Å². The molecule has 2 heterocycles. The number of carbonyl (C=O) groups excluding carboxylic acids is 1. The Morgan fingerprint density at radius 2 is 1.81 bits per heavy atom. The molecule has 0 saturated heterocycles. The van der Waals surface area contributed by atoms with E-state index in [0.717, 1.165) is 28.9 Å². The van der Waals surface area contributed by atoms with E-state index in [1.54, 1.807) is 4.90 Å². The first kappa shape index (κ1) is 26.0. The molecule has 36 heavy (non-hydrogen) atoms. The zero-order chi connectivity index (χ0) is 26.0. The van der Waals surface area contributed by atoms with Gasteiger partial charge in [0.15, 0.2) is 5.43 Å². The Bertz CT molecular complexity index is 1310. The second-order valence-corrected chi connectivity index (χ2v) is 10.4. The highest BCUT2D eigenvalue weighted by Gasteiger charge is 2.42. The van der Waals surface area contributed by atoms with Crippen molar-refractivity contribution in [2.75, 3.05) is 19.8 Å². The normalized spacial score (nSPS) is 15.4. The predicted octanol–water partition coefficient (Wildman–Crippen LogP) is 6.20. The number of benzene rings is 2. The lowest BCUT2D eigenvalue weighted by molar-refractivity contribution is 0.0593. The van der Waals surface area contributed by atoms with Gasteiger partial charge in [-0.15, -0.1) is 0 Å². The highest BCUT2D eigenvalue weighted by Crippen LogP contribution is 2.39. The van der Waals surface area contributed by atoms with Crippen LogP contribution < -0.4 is 10.2 Å². The monoisotopic (exact) mass is 491 g/mol. The summed E-state index contributed by atoms with van der Waals surface area (Å²) < 4.78 is 17.9. The quantitative estimate of drug-likeness (QED) is 0.316. The van der Waals surface area contributed by atoms with Crippen LogP contribution in [0.4, 0.5) is 0 Å². The van der Waals surface area contributed by atoms with Gasteiger partial charge in [0.2, 0.25) is 5.76 Å². The summed E-state index contributed by atoms with van der Waals surface area (Å²) in [6.45, 7) is 13.8. The van der Waals surface area contributed by atoms with Crippen molar-refractivity contribution in [3.63, 3.8) is 0 Å². The van der Waals surface area contributed by atoms with Crippen LogP contribution in [-0.2, 0) is 4.74 Å². The maximum Gasteiger partial charge on any atom is 0.290 e. The molecule has 3 aromatic rings. The van der Waals surface area contributed by atoms with Gasteiger partial charge in [-0.3, -0.25) is 9.59 Å². The molecule has 0 spiro atoms. The average Bonchev–Trinajstić information content (AvgIpc) is 3.08. The highest BCUT2D eigenvalue weighted by atomic mass is 16.5. The van der Waals surface area contributed by atoms with E-state index in [0.29, 0.717) is 48.6 Å². The van der Waals surface area contributed by atoms with Gasteiger partial charge in [0.05, 0.1) is 29.7 Å². The summed E-state index contributed by atoms with van der Waals surface area (Å²) in [6, 6.07) is 11.0. The number of aryl methyl sites for hydroxylation is 2. The summed E-state index contributed by atoms with van der Waals surface area (Å²) in [4.78, 5) is 29.3. The number of hydrogen-bond acceptors (Lipinski definition) is 5. The number of rotatable bonds is 10. The van der Waals surface area contributed by atoms with Crippen LogP contribution in [0.25, 0.3) is 11.0 Å². The van der Waals surface area contributed by atoms with Gasteiger partial charge < -0.3 is 18.8 Å². The molecule has 1 unspecified atom stereocenters. The van der Waals surface area contributed by atoms with E-state index in [1.807, 2.05) is 64.1 Å². The fraction of sp³-hybridized carbons (Fsp3) is 0.467. The SMILES string of the molecule is Cc1cc(C)c2c(=O)c3c(oc2c1)C(=O)N(CCCOC(C)C)C3c1cccc(OCCC(C)C)c1. The van der Waals surface area contributed by atoms with Crippen molar-refractivity contribution in [3.8, 4) is 5.75 Å². The highest BCUT2D eigenvalue weighted by molar-refractivity contribution is 5.99. The third-order valence-corrected chi connectivity index (χ3v) is 6.54. The van der Waals surface area contributed by atoms with Gasteiger partial charge >= 0.3 is 0 Å². The first-order valence-corrected chi connectivity index (χ1v) is 12.9.